The summed E-state index contributed by atoms with van der Waals surface area (Å²) < 4.78 is 0. The van der Waals surface area contributed by atoms with Crippen LogP contribution in [0.3, 0.4) is 0 Å². The molecule has 0 saturated heterocycles. The third-order valence-corrected chi connectivity index (χ3v) is 2.85. The van der Waals surface area contributed by atoms with Gasteiger partial charge in [-0.25, -0.2) is 0 Å². The molecule has 2 aromatic heterocycles. The van der Waals surface area contributed by atoms with Crippen LogP contribution < -0.4 is 10.6 Å². The maximum atomic E-state index is 11.9. The fourth-order valence-electron chi connectivity index (χ4n) is 1.69. The Morgan fingerprint density at radius 3 is 2.48 bits per heavy atom. The number of carbonyl (C=O) groups is 2. The Labute approximate surface area is 122 Å². The molecular formula is C15H16N4O2. The van der Waals surface area contributed by atoms with Gasteiger partial charge in [-0.15, -0.1) is 0 Å². The molecule has 0 aromatic carbocycles. The molecule has 6 heteroatoms. The van der Waals surface area contributed by atoms with Crippen molar-refractivity contribution in [3.8, 4) is 0 Å². The van der Waals surface area contributed by atoms with Gasteiger partial charge in [0.15, 0.2) is 0 Å². The Balaban J connectivity index is 1.84. The molecule has 2 aromatic rings. The molecule has 0 aliphatic heterocycles. The van der Waals surface area contributed by atoms with E-state index in [0.29, 0.717) is 12.1 Å². The number of hydrogen-bond acceptors (Lipinski definition) is 4. The summed E-state index contributed by atoms with van der Waals surface area (Å²) in [6.07, 6.45) is 6.39. The van der Waals surface area contributed by atoms with Gasteiger partial charge < -0.3 is 10.6 Å². The van der Waals surface area contributed by atoms with Crippen LogP contribution in [-0.4, -0.2) is 27.8 Å². The van der Waals surface area contributed by atoms with Gasteiger partial charge in [0.05, 0.1) is 5.56 Å². The molecule has 0 aliphatic carbocycles. The quantitative estimate of drug-likeness (QED) is 0.855. The van der Waals surface area contributed by atoms with Gasteiger partial charge in [0.1, 0.15) is 6.04 Å². The van der Waals surface area contributed by atoms with Crippen LogP contribution >= 0.6 is 0 Å². The lowest BCUT2D eigenvalue weighted by molar-refractivity contribution is -0.122. The van der Waals surface area contributed by atoms with Crippen LogP contribution in [0.1, 0.15) is 22.8 Å². The number of aromatic nitrogens is 2. The van der Waals surface area contributed by atoms with Crippen molar-refractivity contribution in [3.63, 3.8) is 0 Å². The second kappa shape index (κ2) is 7.14. The summed E-state index contributed by atoms with van der Waals surface area (Å²) in [6.45, 7) is 2.01. The van der Waals surface area contributed by atoms with Crippen molar-refractivity contribution in [1.29, 1.82) is 0 Å². The predicted molar refractivity (Wildman–Crippen MR) is 77.2 cm³/mol. The molecule has 0 unspecified atom stereocenters. The van der Waals surface area contributed by atoms with Gasteiger partial charge >= 0.3 is 0 Å². The largest absolute Gasteiger partial charge is 0.350 e. The van der Waals surface area contributed by atoms with E-state index in [1.807, 2.05) is 6.07 Å². The Bertz CT molecular complexity index is 602. The maximum absolute atomic E-state index is 11.9. The van der Waals surface area contributed by atoms with E-state index in [1.165, 1.54) is 6.20 Å². The molecule has 0 radical (unpaired) electrons. The summed E-state index contributed by atoms with van der Waals surface area (Å²) in [7, 11) is 0. The van der Waals surface area contributed by atoms with Crippen LogP contribution in [0.25, 0.3) is 0 Å². The van der Waals surface area contributed by atoms with Gasteiger partial charge in [-0.3, -0.25) is 19.6 Å². The normalized spacial score (nSPS) is 11.5. The van der Waals surface area contributed by atoms with Gasteiger partial charge in [-0.1, -0.05) is 6.07 Å². The summed E-state index contributed by atoms with van der Waals surface area (Å²) in [5, 5.41) is 5.37. The first kappa shape index (κ1) is 14.6. The highest BCUT2D eigenvalue weighted by atomic mass is 16.2. The van der Waals surface area contributed by atoms with Crippen molar-refractivity contribution < 1.29 is 9.59 Å². The Morgan fingerprint density at radius 1 is 1.14 bits per heavy atom. The average molecular weight is 284 g/mol. The lowest BCUT2D eigenvalue weighted by Crippen LogP contribution is -2.44. The van der Waals surface area contributed by atoms with E-state index >= 15 is 0 Å². The maximum Gasteiger partial charge on any atom is 0.253 e. The van der Waals surface area contributed by atoms with E-state index in [4.69, 9.17) is 0 Å². The van der Waals surface area contributed by atoms with Crippen molar-refractivity contribution in [1.82, 2.24) is 20.6 Å². The molecule has 0 bridgehead atoms. The number of hydrogen-bond donors (Lipinski definition) is 2. The summed E-state index contributed by atoms with van der Waals surface area (Å²) >= 11 is 0. The number of carbonyl (C=O) groups excluding carboxylic acids is 2. The van der Waals surface area contributed by atoms with E-state index in [-0.39, 0.29) is 11.8 Å². The van der Waals surface area contributed by atoms with E-state index < -0.39 is 6.04 Å². The topological polar surface area (TPSA) is 84.0 Å². The van der Waals surface area contributed by atoms with Gasteiger partial charge in [-0.05, 0) is 30.7 Å². The zero-order chi connectivity index (χ0) is 15.1. The lowest BCUT2D eigenvalue weighted by atomic mass is 10.2. The third-order valence-electron chi connectivity index (χ3n) is 2.85. The summed E-state index contributed by atoms with van der Waals surface area (Å²) in [5.41, 5.74) is 1.32. The second-order valence-corrected chi connectivity index (χ2v) is 4.52. The number of nitrogens with zero attached hydrogens (tertiary/aromatic N) is 2. The van der Waals surface area contributed by atoms with Crippen molar-refractivity contribution in [3.05, 3.63) is 60.2 Å². The molecule has 2 N–H and O–H groups in total. The molecule has 2 rings (SSSR count). The Kier molecular flexibility index (Phi) is 4.98. The number of amides is 2. The zero-order valence-electron chi connectivity index (χ0n) is 11.6. The molecule has 0 saturated carbocycles. The first-order valence-electron chi connectivity index (χ1n) is 6.54. The van der Waals surface area contributed by atoms with Crippen LogP contribution in [0.5, 0.6) is 0 Å². The number of nitrogens with one attached hydrogen (secondary N) is 2. The molecule has 1 atom stereocenters. The van der Waals surface area contributed by atoms with E-state index in [2.05, 4.69) is 20.6 Å². The summed E-state index contributed by atoms with van der Waals surface area (Å²) in [6, 6.07) is 6.35. The first-order valence-corrected chi connectivity index (χ1v) is 6.54. The van der Waals surface area contributed by atoms with Crippen molar-refractivity contribution in [2.24, 2.45) is 0 Å². The van der Waals surface area contributed by atoms with Crippen molar-refractivity contribution in [2.75, 3.05) is 0 Å². The summed E-state index contributed by atoms with van der Waals surface area (Å²) in [5.74, 6) is -0.580. The first-order chi connectivity index (χ1) is 10.2. The SMILES string of the molecule is C[C@H](NC(=O)c1cccnc1)C(=O)NCc1cccnc1. The van der Waals surface area contributed by atoms with Crippen LogP contribution in [0.2, 0.25) is 0 Å². The fraction of sp³-hybridized carbons (Fsp3) is 0.200. The van der Waals surface area contributed by atoms with Crippen LogP contribution in [0.15, 0.2) is 49.1 Å². The van der Waals surface area contributed by atoms with Gasteiger partial charge in [0.25, 0.3) is 5.91 Å². The Morgan fingerprint density at radius 2 is 1.86 bits per heavy atom. The number of pyridine rings is 2. The molecular weight excluding hydrogens is 268 g/mol. The molecule has 0 spiro atoms. The predicted octanol–water partition coefficient (Wildman–Crippen LogP) is 0.911. The molecule has 2 amide bonds. The Hall–Kier alpha value is -2.76. The van der Waals surface area contributed by atoms with E-state index in [1.54, 1.807) is 43.7 Å². The molecule has 2 heterocycles. The molecule has 6 nitrogen and oxygen atoms in total. The van der Waals surface area contributed by atoms with Gasteiger partial charge in [0.2, 0.25) is 5.91 Å². The molecule has 0 fully saturated rings. The molecule has 0 aliphatic rings. The minimum absolute atomic E-state index is 0.254. The van der Waals surface area contributed by atoms with Crippen molar-refractivity contribution >= 4 is 11.8 Å². The standard InChI is InChI=1S/C15H16N4O2/c1-11(19-15(21)13-5-3-7-17-10-13)14(20)18-9-12-4-2-6-16-8-12/h2-8,10-11H,9H2,1H3,(H,18,20)(H,19,21)/t11-/m0/s1. The lowest BCUT2D eigenvalue weighted by Gasteiger charge is -2.14. The minimum atomic E-state index is -0.630. The average Bonchev–Trinajstić information content (AvgIpc) is 2.54. The fourth-order valence-corrected chi connectivity index (χ4v) is 1.69. The number of rotatable bonds is 5. The summed E-state index contributed by atoms with van der Waals surface area (Å²) in [4.78, 5) is 31.6. The third kappa shape index (κ3) is 4.38. The zero-order valence-corrected chi connectivity index (χ0v) is 11.6. The second-order valence-electron chi connectivity index (χ2n) is 4.52. The minimum Gasteiger partial charge on any atom is -0.350 e. The molecule has 21 heavy (non-hydrogen) atoms. The van der Waals surface area contributed by atoms with Gasteiger partial charge in [0, 0.05) is 31.3 Å². The highest BCUT2D eigenvalue weighted by molar-refractivity contribution is 5.97. The van der Waals surface area contributed by atoms with Crippen molar-refractivity contribution in [2.45, 2.75) is 19.5 Å². The van der Waals surface area contributed by atoms with Crippen LogP contribution in [-0.2, 0) is 11.3 Å². The van der Waals surface area contributed by atoms with E-state index in [9.17, 15) is 9.59 Å². The smallest absolute Gasteiger partial charge is 0.253 e. The van der Waals surface area contributed by atoms with Crippen LogP contribution in [0, 0.1) is 0 Å². The molecule has 108 valence electrons. The van der Waals surface area contributed by atoms with E-state index in [0.717, 1.165) is 5.56 Å². The highest BCUT2D eigenvalue weighted by Crippen LogP contribution is 1.98. The highest BCUT2D eigenvalue weighted by Gasteiger charge is 2.16. The van der Waals surface area contributed by atoms with Gasteiger partial charge in [-0.2, -0.15) is 0 Å². The monoisotopic (exact) mass is 284 g/mol. The van der Waals surface area contributed by atoms with Crippen LogP contribution in [0.4, 0.5) is 0 Å².